The molecule has 2 N–H and O–H groups in total. The maximum Gasteiger partial charge on any atom is 0.257 e. The van der Waals surface area contributed by atoms with Gasteiger partial charge in [0.1, 0.15) is 0 Å². The van der Waals surface area contributed by atoms with E-state index in [1.54, 1.807) is 25.2 Å². The molecular weight excluding hydrogens is 352 g/mol. The molecule has 0 aliphatic rings. The molecule has 0 aromatic heterocycles. The minimum absolute atomic E-state index is 0.185. The molecule has 21 heavy (non-hydrogen) atoms. The van der Waals surface area contributed by atoms with Crippen LogP contribution in [-0.2, 0) is 0 Å². The maximum absolute atomic E-state index is 12.5. The molecule has 0 bridgehead atoms. The van der Waals surface area contributed by atoms with Gasteiger partial charge < -0.3 is 10.6 Å². The highest BCUT2D eigenvalue weighted by Gasteiger charge is 2.14. The van der Waals surface area contributed by atoms with Crippen molar-refractivity contribution in [3.05, 3.63) is 56.5 Å². The Morgan fingerprint density at radius 2 is 1.76 bits per heavy atom. The fourth-order valence-electron chi connectivity index (χ4n) is 2.21. The van der Waals surface area contributed by atoms with Gasteiger partial charge in [-0.3, -0.25) is 4.79 Å². The predicted octanol–water partition coefficient (Wildman–Crippen LogP) is 5.01. The second-order valence-corrected chi connectivity index (χ2v) is 6.16. The van der Waals surface area contributed by atoms with Crippen LogP contribution in [0.25, 0.3) is 0 Å². The van der Waals surface area contributed by atoms with E-state index in [2.05, 4.69) is 26.6 Å². The fraction of sp³-hybridized carbons (Fsp3) is 0.188. The Kier molecular flexibility index (Phi) is 4.91. The molecule has 5 heteroatoms. The van der Waals surface area contributed by atoms with Crippen molar-refractivity contribution in [2.24, 2.45) is 0 Å². The quantitative estimate of drug-likeness (QED) is 0.800. The van der Waals surface area contributed by atoms with Crippen molar-refractivity contribution >= 4 is 44.8 Å². The largest absolute Gasteiger partial charge is 0.387 e. The number of anilines is 2. The van der Waals surface area contributed by atoms with E-state index in [1.807, 2.05) is 26.0 Å². The van der Waals surface area contributed by atoms with Gasteiger partial charge in [0.25, 0.3) is 5.91 Å². The average Bonchev–Trinajstić information content (AvgIpc) is 2.42. The fourth-order valence-corrected chi connectivity index (χ4v) is 3.07. The lowest BCUT2D eigenvalue weighted by molar-refractivity contribution is 0.102. The highest BCUT2D eigenvalue weighted by atomic mass is 79.9. The standard InChI is InChI=1S/C16H16BrClN2O/c1-9-6-11(17)7-10(2)15(9)20-16(21)13-8-12(18)4-5-14(13)19-3/h4-8,19H,1-3H3,(H,20,21). The second kappa shape index (κ2) is 6.50. The molecule has 0 saturated carbocycles. The minimum atomic E-state index is -0.185. The summed E-state index contributed by atoms with van der Waals surface area (Å²) in [7, 11) is 1.77. The topological polar surface area (TPSA) is 41.1 Å². The van der Waals surface area contributed by atoms with Crippen molar-refractivity contribution in [3.63, 3.8) is 0 Å². The van der Waals surface area contributed by atoms with Crippen molar-refractivity contribution in [1.29, 1.82) is 0 Å². The van der Waals surface area contributed by atoms with Gasteiger partial charge in [-0.15, -0.1) is 0 Å². The van der Waals surface area contributed by atoms with Gasteiger partial charge in [-0.25, -0.2) is 0 Å². The van der Waals surface area contributed by atoms with Gasteiger partial charge in [0, 0.05) is 27.9 Å². The zero-order valence-electron chi connectivity index (χ0n) is 12.1. The normalized spacial score (nSPS) is 10.3. The zero-order chi connectivity index (χ0) is 15.6. The molecule has 2 aromatic rings. The molecule has 0 spiro atoms. The van der Waals surface area contributed by atoms with Crippen molar-refractivity contribution in [2.75, 3.05) is 17.7 Å². The third-order valence-electron chi connectivity index (χ3n) is 3.23. The molecule has 0 heterocycles. The Labute approximate surface area is 137 Å². The van der Waals surface area contributed by atoms with E-state index in [0.717, 1.165) is 27.0 Å². The number of amides is 1. The van der Waals surface area contributed by atoms with Gasteiger partial charge in [-0.05, 0) is 55.3 Å². The lowest BCUT2D eigenvalue weighted by atomic mass is 10.1. The Balaban J connectivity index is 2.37. The van der Waals surface area contributed by atoms with E-state index in [9.17, 15) is 4.79 Å². The van der Waals surface area contributed by atoms with Crippen molar-refractivity contribution in [3.8, 4) is 0 Å². The van der Waals surface area contributed by atoms with Crippen LogP contribution in [0.1, 0.15) is 21.5 Å². The molecule has 1 amide bonds. The highest BCUT2D eigenvalue weighted by molar-refractivity contribution is 9.10. The number of benzene rings is 2. The third-order valence-corrected chi connectivity index (χ3v) is 3.92. The number of rotatable bonds is 3. The molecule has 110 valence electrons. The van der Waals surface area contributed by atoms with E-state index < -0.39 is 0 Å². The number of halogens is 2. The molecule has 0 saturated heterocycles. The summed E-state index contributed by atoms with van der Waals surface area (Å²) >= 11 is 9.44. The first-order chi connectivity index (χ1) is 9.92. The van der Waals surface area contributed by atoms with Crippen LogP contribution in [-0.4, -0.2) is 13.0 Å². The van der Waals surface area contributed by atoms with Crippen LogP contribution < -0.4 is 10.6 Å². The van der Waals surface area contributed by atoms with Crippen molar-refractivity contribution in [2.45, 2.75) is 13.8 Å². The highest BCUT2D eigenvalue weighted by Crippen LogP contribution is 2.27. The van der Waals surface area contributed by atoms with Crippen LogP contribution in [0, 0.1) is 13.8 Å². The van der Waals surface area contributed by atoms with Gasteiger partial charge in [0.15, 0.2) is 0 Å². The average molecular weight is 368 g/mol. The predicted molar refractivity (Wildman–Crippen MR) is 92.6 cm³/mol. The Bertz CT molecular complexity index is 678. The van der Waals surface area contributed by atoms with E-state index in [1.165, 1.54) is 0 Å². The molecule has 0 atom stereocenters. The van der Waals surface area contributed by atoms with Crippen LogP contribution in [0.3, 0.4) is 0 Å². The molecule has 2 rings (SSSR count). The summed E-state index contributed by atoms with van der Waals surface area (Å²) in [4.78, 5) is 12.5. The summed E-state index contributed by atoms with van der Waals surface area (Å²) in [5.74, 6) is -0.185. The van der Waals surface area contributed by atoms with Crippen LogP contribution in [0.2, 0.25) is 5.02 Å². The first-order valence-electron chi connectivity index (χ1n) is 6.47. The summed E-state index contributed by atoms with van der Waals surface area (Å²) in [6.07, 6.45) is 0. The third kappa shape index (κ3) is 3.57. The molecule has 0 aliphatic carbocycles. The van der Waals surface area contributed by atoms with Gasteiger partial charge >= 0.3 is 0 Å². The number of hydrogen-bond acceptors (Lipinski definition) is 2. The molecule has 0 radical (unpaired) electrons. The Morgan fingerprint density at radius 1 is 1.14 bits per heavy atom. The first-order valence-corrected chi connectivity index (χ1v) is 7.65. The van der Waals surface area contributed by atoms with E-state index in [-0.39, 0.29) is 5.91 Å². The smallest absolute Gasteiger partial charge is 0.257 e. The zero-order valence-corrected chi connectivity index (χ0v) is 14.4. The minimum Gasteiger partial charge on any atom is -0.387 e. The van der Waals surface area contributed by atoms with E-state index in [0.29, 0.717) is 10.6 Å². The number of hydrogen-bond donors (Lipinski definition) is 2. The summed E-state index contributed by atoms with van der Waals surface area (Å²) < 4.78 is 0.995. The van der Waals surface area contributed by atoms with Gasteiger partial charge in [-0.2, -0.15) is 0 Å². The molecule has 0 fully saturated rings. The molecule has 2 aromatic carbocycles. The first kappa shape index (κ1) is 15.9. The van der Waals surface area contributed by atoms with Crippen LogP contribution in [0.15, 0.2) is 34.8 Å². The summed E-state index contributed by atoms with van der Waals surface area (Å²) in [6, 6.07) is 9.14. The second-order valence-electron chi connectivity index (χ2n) is 4.81. The number of aryl methyl sites for hydroxylation is 2. The van der Waals surface area contributed by atoms with Crippen LogP contribution in [0.4, 0.5) is 11.4 Å². The summed E-state index contributed by atoms with van der Waals surface area (Å²) in [6.45, 7) is 3.93. The lowest BCUT2D eigenvalue weighted by Crippen LogP contribution is -2.15. The number of carbonyl (C=O) groups is 1. The van der Waals surface area contributed by atoms with E-state index in [4.69, 9.17) is 11.6 Å². The van der Waals surface area contributed by atoms with Gasteiger partial charge in [-0.1, -0.05) is 27.5 Å². The van der Waals surface area contributed by atoms with Gasteiger partial charge in [0.2, 0.25) is 0 Å². The SMILES string of the molecule is CNc1ccc(Cl)cc1C(=O)Nc1c(C)cc(Br)cc1C. The monoisotopic (exact) mass is 366 g/mol. The van der Waals surface area contributed by atoms with Crippen LogP contribution >= 0.6 is 27.5 Å². The van der Waals surface area contributed by atoms with Gasteiger partial charge in [0.05, 0.1) is 5.56 Å². The molecule has 3 nitrogen and oxygen atoms in total. The number of carbonyl (C=O) groups excluding carboxylic acids is 1. The number of nitrogens with one attached hydrogen (secondary N) is 2. The lowest BCUT2D eigenvalue weighted by Gasteiger charge is -2.14. The van der Waals surface area contributed by atoms with E-state index >= 15 is 0 Å². The van der Waals surface area contributed by atoms with Crippen LogP contribution in [0.5, 0.6) is 0 Å². The molecular formula is C16H16BrClN2O. The molecule has 0 aliphatic heterocycles. The van der Waals surface area contributed by atoms with Crippen molar-refractivity contribution < 1.29 is 4.79 Å². The summed E-state index contributed by atoms with van der Waals surface area (Å²) in [5.41, 5.74) is 4.09. The molecule has 0 unspecified atom stereocenters. The summed E-state index contributed by atoms with van der Waals surface area (Å²) in [5, 5.41) is 6.50. The Morgan fingerprint density at radius 3 is 2.33 bits per heavy atom. The van der Waals surface area contributed by atoms with Crippen molar-refractivity contribution in [1.82, 2.24) is 0 Å². The maximum atomic E-state index is 12.5. The Hall–Kier alpha value is -1.52.